The van der Waals surface area contributed by atoms with Crippen LogP contribution in [0.15, 0.2) is 61.2 Å². The molecule has 1 N–H and O–H groups in total. The maximum absolute atomic E-state index is 10.2. The quantitative estimate of drug-likeness (QED) is 0.431. The fraction of sp³-hybridized carbons (Fsp3) is 0.308. The van der Waals surface area contributed by atoms with E-state index in [-0.39, 0.29) is 5.75 Å². The van der Waals surface area contributed by atoms with Gasteiger partial charge in [0.25, 0.3) is 0 Å². The molecule has 0 atom stereocenters. The minimum Gasteiger partial charge on any atom is -0.506 e. The van der Waals surface area contributed by atoms with Crippen LogP contribution in [0.1, 0.15) is 24.1 Å². The van der Waals surface area contributed by atoms with E-state index in [1.54, 1.807) is 19.2 Å². The zero-order valence-electron chi connectivity index (χ0n) is 19.3. The van der Waals surface area contributed by atoms with Gasteiger partial charge in [-0.2, -0.15) is 5.10 Å². The van der Waals surface area contributed by atoms with Crippen LogP contribution in [0, 0.1) is 0 Å². The third-order valence-electron chi connectivity index (χ3n) is 6.15. The molecule has 0 bridgehead atoms. The minimum absolute atomic E-state index is 0.146. The Kier molecular flexibility index (Phi) is 6.49. The first-order chi connectivity index (χ1) is 16.7. The Labute approximate surface area is 198 Å². The Bertz CT molecular complexity index is 1250. The third-order valence-corrected chi connectivity index (χ3v) is 6.15. The van der Waals surface area contributed by atoms with E-state index in [2.05, 4.69) is 31.1 Å². The number of pyridine rings is 1. The summed E-state index contributed by atoms with van der Waals surface area (Å²) in [6, 6.07) is 11.2. The summed E-state index contributed by atoms with van der Waals surface area (Å²) in [6.45, 7) is 4.32. The lowest BCUT2D eigenvalue weighted by Gasteiger charge is -2.13. The summed E-state index contributed by atoms with van der Waals surface area (Å²) in [5.41, 5.74) is 4.43. The van der Waals surface area contributed by atoms with Crippen molar-refractivity contribution < 1.29 is 9.84 Å². The molecule has 0 spiro atoms. The van der Waals surface area contributed by atoms with E-state index in [1.807, 2.05) is 47.5 Å². The van der Waals surface area contributed by atoms with Crippen molar-refractivity contribution in [2.24, 2.45) is 0 Å². The van der Waals surface area contributed by atoms with Crippen molar-refractivity contribution in [2.45, 2.75) is 25.8 Å². The fourth-order valence-corrected chi connectivity index (χ4v) is 4.24. The first-order valence-electron chi connectivity index (χ1n) is 11.6. The summed E-state index contributed by atoms with van der Waals surface area (Å²) in [7, 11) is 1.56. The topological polar surface area (TPSA) is 89.2 Å². The van der Waals surface area contributed by atoms with Gasteiger partial charge in [0.1, 0.15) is 5.75 Å². The molecule has 8 nitrogen and oxygen atoms in total. The van der Waals surface area contributed by atoms with E-state index < -0.39 is 0 Å². The van der Waals surface area contributed by atoms with Crippen molar-refractivity contribution >= 4 is 0 Å². The number of methoxy groups -OCH3 is 1. The summed E-state index contributed by atoms with van der Waals surface area (Å²) in [6.07, 6.45) is 10.7. The van der Waals surface area contributed by atoms with E-state index >= 15 is 0 Å². The van der Waals surface area contributed by atoms with Gasteiger partial charge in [-0.1, -0.05) is 18.2 Å². The first kappa shape index (κ1) is 22.0. The van der Waals surface area contributed by atoms with Gasteiger partial charge in [0, 0.05) is 54.3 Å². The van der Waals surface area contributed by atoms with Crippen molar-refractivity contribution in [1.82, 2.24) is 29.6 Å². The maximum Gasteiger partial charge on any atom is 0.213 e. The summed E-state index contributed by atoms with van der Waals surface area (Å²) in [5, 5.41) is 14.7. The predicted molar refractivity (Wildman–Crippen MR) is 130 cm³/mol. The number of hydrogen-bond acceptors (Lipinski definition) is 7. The zero-order valence-corrected chi connectivity index (χ0v) is 19.3. The lowest BCUT2D eigenvalue weighted by Crippen LogP contribution is -2.24. The second-order valence-electron chi connectivity index (χ2n) is 8.53. The van der Waals surface area contributed by atoms with Gasteiger partial charge in [-0.05, 0) is 43.6 Å². The van der Waals surface area contributed by atoms with Gasteiger partial charge >= 0.3 is 0 Å². The van der Waals surface area contributed by atoms with Gasteiger partial charge in [-0.15, -0.1) is 0 Å². The number of nitrogens with zero attached hydrogens (tertiary/aromatic N) is 6. The second kappa shape index (κ2) is 10.0. The van der Waals surface area contributed by atoms with Gasteiger partial charge in [0.15, 0.2) is 5.82 Å². The van der Waals surface area contributed by atoms with Gasteiger partial charge in [0.2, 0.25) is 5.88 Å². The molecule has 0 saturated carbocycles. The molecule has 1 saturated heterocycles. The first-order valence-corrected chi connectivity index (χ1v) is 11.6. The van der Waals surface area contributed by atoms with Crippen LogP contribution in [0.25, 0.3) is 22.5 Å². The molecule has 34 heavy (non-hydrogen) atoms. The smallest absolute Gasteiger partial charge is 0.213 e. The largest absolute Gasteiger partial charge is 0.506 e. The average Bonchev–Trinajstić information content (AvgIpc) is 3.57. The standard InChI is InChI=1S/C26H28N6O2/c1-34-25-8-7-24(33)23(30-25)14-19-5-4-6-20(13-19)26-27-15-21(16-28-26)22-17-29-32(18-22)12-11-31-9-2-3-10-31/h4-8,13,15-18,33H,2-3,9-12,14H2,1H3. The summed E-state index contributed by atoms with van der Waals surface area (Å²) < 4.78 is 7.17. The second-order valence-corrected chi connectivity index (χ2v) is 8.53. The monoisotopic (exact) mass is 456 g/mol. The zero-order chi connectivity index (χ0) is 23.3. The molecular formula is C26H28N6O2. The van der Waals surface area contributed by atoms with Crippen molar-refractivity contribution in [3.05, 3.63) is 72.4 Å². The van der Waals surface area contributed by atoms with Crippen molar-refractivity contribution in [3.63, 3.8) is 0 Å². The number of aromatic nitrogens is 5. The number of hydrogen-bond donors (Lipinski definition) is 1. The molecule has 4 heterocycles. The SMILES string of the molecule is COc1ccc(O)c(Cc2cccc(-c3ncc(-c4cnn(CCN5CCCC5)c4)cn3)c2)n1. The summed E-state index contributed by atoms with van der Waals surface area (Å²) in [4.78, 5) is 16.0. The van der Waals surface area contributed by atoms with Crippen LogP contribution in [0.5, 0.6) is 11.6 Å². The molecule has 8 heteroatoms. The Morgan fingerprint density at radius 3 is 2.56 bits per heavy atom. The highest BCUT2D eigenvalue weighted by Crippen LogP contribution is 2.25. The molecular weight excluding hydrogens is 428 g/mol. The molecule has 0 radical (unpaired) electrons. The van der Waals surface area contributed by atoms with Crippen molar-refractivity contribution in [2.75, 3.05) is 26.7 Å². The molecule has 1 aliphatic rings. The normalized spacial score (nSPS) is 13.9. The molecule has 5 rings (SSSR count). The van der Waals surface area contributed by atoms with Crippen LogP contribution in [0.4, 0.5) is 0 Å². The lowest BCUT2D eigenvalue weighted by molar-refractivity contribution is 0.316. The third kappa shape index (κ3) is 5.07. The molecule has 4 aromatic rings. The number of rotatable bonds is 8. The number of aromatic hydroxyl groups is 1. The Hall–Kier alpha value is -3.78. The Balaban J connectivity index is 1.27. The van der Waals surface area contributed by atoms with E-state index in [0.29, 0.717) is 23.8 Å². The lowest BCUT2D eigenvalue weighted by atomic mass is 10.0. The van der Waals surface area contributed by atoms with E-state index in [9.17, 15) is 5.11 Å². The average molecular weight is 457 g/mol. The predicted octanol–water partition coefficient (Wildman–Crippen LogP) is 3.80. The fourth-order valence-electron chi connectivity index (χ4n) is 4.24. The van der Waals surface area contributed by atoms with Crippen LogP contribution in [0.3, 0.4) is 0 Å². The molecule has 3 aromatic heterocycles. The molecule has 1 aliphatic heterocycles. The number of likely N-dealkylation sites (tertiary alicyclic amines) is 1. The molecule has 0 unspecified atom stereocenters. The highest BCUT2D eigenvalue weighted by molar-refractivity contribution is 5.62. The molecule has 0 aliphatic carbocycles. The Morgan fingerprint density at radius 2 is 1.76 bits per heavy atom. The van der Waals surface area contributed by atoms with Gasteiger partial charge in [-0.25, -0.2) is 15.0 Å². The summed E-state index contributed by atoms with van der Waals surface area (Å²) >= 11 is 0. The molecule has 0 amide bonds. The molecule has 1 fully saturated rings. The number of ether oxygens (including phenoxy) is 1. The molecule has 1 aromatic carbocycles. The van der Waals surface area contributed by atoms with Crippen molar-refractivity contribution in [3.8, 4) is 34.1 Å². The molecule has 174 valence electrons. The van der Waals surface area contributed by atoms with Crippen LogP contribution < -0.4 is 4.74 Å². The number of benzene rings is 1. The van der Waals surface area contributed by atoms with Crippen molar-refractivity contribution in [1.29, 1.82) is 0 Å². The van der Waals surface area contributed by atoms with Gasteiger partial charge in [0.05, 0.1) is 25.5 Å². The van der Waals surface area contributed by atoms with E-state index in [0.717, 1.165) is 35.3 Å². The van der Waals surface area contributed by atoms with Crippen LogP contribution in [-0.4, -0.2) is 61.5 Å². The van der Waals surface area contributed by atoms with Gasteiger partial charge in [-0.3, -0.25) is 4.68 Å². The minimum atomic E-state index is 0.146. The summed E-state index contributed by atoms with van der Waals surface area (Å²) in [5.74, 6) is 1.27. The highest BCUT2D eigenvalue weighted by atomic mass is 16.5. The van der Waals surface area contributed by atoms with E-state index in [4.69, 9.17) is 4.74 Å². The van der Waals surface area contributed by atoms with Gasteiger partial charge < -0.3 is 14.7 Å². The van der Waals surface area contributed by atoms with Crippen LogP contribution >= 0.6 is 0 Å². The highest BCUT2D eigenvalue weighted by Gasteiger charge is 2.12. The Morgan fingerprint density at radius 1 is 0.941 bits per heavy atom. The van der Waals surface area contributed by atoms with E-state index in [1.165, 1.54) is 25.9 Å². The maximum atomic E-state index is 10.2. The van der Waals surface area contributed by atoms with Crippen LogP contribution in [0.2, 0.25) is 0 Å². The van der Waals surface area contributed by atoms with Crippen LogP contribution in [-0.2, 0) is 13.0 Å².